The molecule has 86 valence electrons. The summed E-state index contributed by atoms with van der Waals surface area (Å²) >= 11 is 0. The molecule has 2 aromatic rings. The van der Waals surface area contributed by atoms with Crippen molar-refractivity contribution in [1.82, 2.24) is 0 Å². The fourth-order valence-electron chi connectivity index (χ4n) is 1.90. The van der Waals surface area contributed by atoms with Gasteiger partial charge in [-0.2, -0.15) is 0 Å². The van der Waals surface area contributed by atoms with E-state index in [1.807, 2.05) is 18.2 Å². The van der Waals surface area contributed by atoms with E-state index in [1.54, 1.807) is 0 Å². The first-order valence-corrected chi connectivity index (χ1v) is 5.42. The maximum atomic E-state index is 9.19. The average molecular weight is 220 g/mol. The van der Waals surface area contributed by atoms with Gasteiger partial charge in [-0.15, -0.1) is 0 Å². The molecule has 0 radical (unpaired) electrons. The van der Waals surface area contributed by atoms with Crippen LogP contribution in [-0.4, -0.2) is 10.2 Å². The van der Waals surface area contributed by atoms with Gasteiger partial charge in [0.1, 0.15) is 18.0 Å². The highest BCUT2D eigenvalue weighted by atomic mass is 16.4. The normalized spacial score (nSPS) is 11.6. The van der Waals surface area contributed by atoms with Crippen molar-refractivity contribution in [3.8, 4) is 0 Å². The third-order valence-corrected chi connectivity index (χ3v) is 2.72. The molecule has 0 aliphatic carbocycles. The van der Waals surface area contributed by atoms with Gasteiger partial charge in [-0.05, 0) is 35.2 Å². The quantitative estimate of drug-likeness (QED) is 0.835. The van der Waals surface area contributed by atoms with Crippen LogP contribution in [0.2, 0.25) is 0 Å². The van der Waals surface area contributed by atoms with Crippen LogP contribution >= 0.6 is 0 Å². The average Bonchev–Trinajstić information content (AvgIpc) is 2.69. The molecule has 3 nitrogen and oxygen atoms in total. The lowest BCUT2D eigenvalue weighted by Gasteiger charge is -2.08. The van der Waals surface area contributed by atoms with E-state index in [0.29, 0.717) is 11.7 Å². The van der Waals surface area contributed by atoms with E-state index in [9.17, 15) is 5.11 Å². The monoisotopic (exact) mass is 220 g/mol. The molecule has 0 amide bonds. The first-order valence-electron chi connectivity index (χ1n) is 5.42. The highest BCUT2D eigenvalue weighted by Crippen LogP contribution is 2.30. The van der Waals surface area contributed by atoms with Crippen LogP contribution in [0.1, 0.15) is 36.7 Å². The topological polar surface area (TPSA) is 53.6 Å². The van der Waals surface area contributed by atoms with E-state index in [-0.39, 0.29) is 13.2 Å². The molecule has 16 heavy (non-hydrogen) atoms. The van der Waals surface area contributed by atoms with Gasteiger partial charge in [0.2, 0.25) is 0 Å². The van der Waals surface area contributed by atoms with Gasteiger partial charge >= 0.3 is 0 Å². The van der Waals surface area contributed by atoms with E-state index in [4.69, 9.17) is 9.52 Å². The van der Waals surface area contributed by atoms with Gasteiger partial charge < -0.3 is 14.6 Å². The minimum absolute atomic E-state index is 0.0231. The molecular weight excluding hydrogens is 204 g/mol. The number of hydrogen-bond acceptors (Lipinski definition) is 3. The maximum absolute atomic E-state index is 9.19. The van der Waals surface area contributed by atoms with Crippen molar-refractivity contribution < 1.29 is 14.6 Å². The van der Waals surface area contributed by atoms with Crippen molar-refractivity contribution in [2.24, 2.45) is 0 Å². The molecule has 0 fully saturated rings. The second kappa shape index (κ2) is 4.28. The standard InChI is InChI=1S/C13H16O3/c1-8(2)12-4-9(6-14)3-10-5-11(7-15)16-13(10)12/h3-5,8,14-15H,6-7H2,1-2H3. The lowest BCUT2D eigenvalue weighted by atomic mass is 9.98. The van der Waals surface area contributed by atoms with E-state index in [0.717, 1.165) is 22.1 Å². The zero-order valence-corrected chi connectivity index (χ0v) is 9.53. The van der Waals surface area contributed by atoms with Crippen molar-refractivity contribution in [2.75, 3.05) is 0 Å². The summed E-state index contributed by atoms with van der Waals surface area (Å²) in [6.07, 6.45) is 0. The predicted octanol–water partition coefficient (Wildman–Crippen LogP) is 2.54. The fourth-order valence-corrected chi connectivity index (χ4v) is 1.90. The minimum atomic E-state index is -0.0966. The Hall–Kier alpha value is -1.32. The summed E-state index contributed by atoms with van der Waals surface area (Å²) in [5.41, 5.74) is 2.76. The zero-order chi connectivity index (χ0) is 11.7. The lowest BCUT2D eigenvalue weighted by molar-refractivity contribution is 0.251. The SMILES string of the molecule is CC(C)c1cc(CO)cc2cc(CO)oc12. The summed E-state index contributed by atoms with van der Waals surface area (Å²) in [5.74, 6) is 0.888. The Bertz CT molecular complexity index is 497. The zero-order valence-electron chi connectivity index (χ0n) is 9.53. The van der Waals surface area contributed by atoms with E-state index < -0.39 is 0 Å². The number of fused-ring (bicyclic) bond motifs is 1. The van der Waals surface area contributed by atoms with Gasteiger partial charge in [-0.3, -0.25) is 0 Å². The minimum Gasteiger partial charge on any atom is -0.458 e. The van der Waals surface area contributed by atoms with Gasteiger partial charge in [-0.25, -0.2) is 0 Å². The van der Waals surface area contributed by atoms with Crippen molar-refractivity contribution >= 4 is 11.0 Å². The summed E-state index contributed by atoms with van der Waals surface area (Å²) < 4.78 is 5.58. The van der Waals surface area contributed by atoms with Crippen LogP contribution in [0.4, 0.5) is 0 Å². The molecule has 0 unspecified atom stereocenters. The van der Waals surface area contributed by atoms with Crippen molar-refractivity contribution in [2.45, 2.75) is 33.0 Å². The Kier molecular flexibility index (Phi) is 2.99. The molecule has 0 aliphatic rings. The first kappa shape index (κ1) is 11.2. The van der Waals surface area contributed by atoms with E-state index >= 15 is 0 Å². The number of benzene rings is 1. The second-order valence-corrected chi connectivity index (χ2v) is 4.29. The number of aliphatic hydroxyl groups is 2. The van der Waals surface area contributed by atoms with Gasteiger partial charge in [0.15, 0.2) is 0 Å². The first-order chi connectivity index (χ1) is 7.65. The summed E-state index contributed by atoms with van der Waals surface area (Å²) in [6.45, 7) is 4.09. The summed E-state index contributed by atoms with van der Waals surface area (Å²) in [6, 6.07) is 5.67. The highest BCUT2D eigenvalue weighted by Gasteiger charge is 2.12. The molecule has 3 heteroatoms. The maximum Gasteiger partial charge on any atom is 0.137 e. The summed E-state index contributed by atoms with van der Waals surface area (Å²) in [4.78, 5) is 0. The fraction of sp³-hybridized carbons (Fsp3) is 0.385. The van der Waals surface area contributed by atoms with Crippen LogP contribution in [0.5, 0.6) is 0 Å². The Morgan fingerprint density at radius 1 is 1.12 bits per heavy atom. The molecule has 1 heterocycles. The van der Waals surface area contributed by atoms with Crippen LogP contribution < -0.4 is 0 Å². The van der Waals surface area contributed by atoms with E-state index in [1.165, 1.54) is 0 Å². The molecular formula is C13H16O3. The number of hydrogen-bond donors (Lipinski definition) is 2. The molecule has 0 aliphatic heterocycles. The Morgan fingerprint density at radius 3 is 2.44 bits per heavy atom. The van der Waals surface area contributed by atoms with Crippen LogP contribution in [-0.2, 0) is 13.2 Å². The molecule has 1 aromatic heterocycles. The summed E-state index contributed by atoms with van der Waals surface area (Å²) in [5, 5.41) is 19.2. The Morgan fingerprint density at radius 2 is 1.88 bits per heavy atom. The third kappa shape index (κ3) is 1.84. The molecule has 2 rings (SSSR count). The highest BCUT2D eigenvalue weighted by molar-refractivity contribution is 5.82. The van der Waals surface area contributed by atoms with Gasteiger partial charge in [-0.1, -0.05) is 13.8 Å². The van der Waals surface area contributed by atoms with Gasteiger partial charge in [0.05, 0.1) is 6.61 Å². The largest absolute Gasteiger partial charge is 0.458 e. The molecule has 1 aromatic carbocycles. The number of rotatable bonds is 3. The molecule has 2 N–H and O–H groups in total. The third-order valence-electron chi connectivity index (χ3n) is 2.72. The van der Waals surface area contributed by atoms with Crippen molar-refractivity contribution in [3.05, 3.63) is 35.1 Å². The second-order valence-electron chi connectivity index (χ2n) is 4.29. The number of aliphatic hydroxyl groups excluding tert-OH is 2. The Labute approximate surface area is 94.3 Å². The van der Waals surface area contributed by atoms with Crippen molar-refractivity contribution in [1.29, 1.82) is 0 Å². The van der Waals surface area contributed by atoms with Crippen LogP contribution in [0.25, 0.3) is 11.0 Å². The lowest BCUT2D eigenvalue weighted by Crippen LogP contribution is -1.91. The molecule has 0 bridgehead atoms. The smallest absolute Gasteiger partial charge is 0.137 e. The molecule has 0 saturated carbocycles. The predicted molar refractivity (Wildman–Crippen MR) is 62.1 cm³/mol. The summed E-state index contributed by atoms with van der Waals surface area (Å²) in [7, 11) is 0. The van der Waals surface area contributed by atoms with Crippen LogP contribution in [0.15, 0.2) is 22.6 Å². The van der Waals surface area contributed by atoms with Crippen LogP contribution in [0, 0.1) is 0 Å². The van der Waals surface area contributed by atoms with Crippen molar-refractivity contribution in [3.63, 3.8) is 0 Å². The molecule has 0 atom stereocenters. The number of furan rings is 1. The molecule has 0 spiro atoms. The Balaban J connectivity index is 2.69. The van der Waals surface area contributed by atoms with Gasteiger partial charge in [0, 0.05) is 5.39 Å². The van der Waals surface area contributed by atoms with E-state index in [2.05, 4.69) is 13.8 Å². The van der Waals surface area contributed by atoms with Gasteiger partial charge in [0.25, 0.3) is 0 Å². The van der Waals surface area contributed by atoms with Crippen LogP contribution in [0.3, 0.4) is 0 Å². The molecule has 0 saturated heterocycles.